The Morgan fingerprint density at radius 1 is 0.971 bits per heavy atom. The molecular weight excluding hydrogens is 498 g/mol. The van der Waals surface area contributed by atoms with Crippen LogP contribution in [0.5, 0.6) is 11.5 Å². The Bertz CT molecular complexity index is 1240. The molecule has 4 rings (SSSR count). The van der Waals surface area contributed by atoms with Gasteiger partial charge in [-0.3, -0.25) is 9.59 Å². The highest BCUT2D eigenvalue weighted by Gasteiger charge is 2.43. The number of ketones is 1. The van der Waals surface area contributed by atoms with Gasteiger partial charge in [0.05, 0.1) is 25.8 Å². The van der Waals surface area contributed by atoms with Gasteiger partial charge in [-0.2, -0.15) is 0 Å². The minimum absolute atomic E-state index is 0.0487. The predicted molar refractivity (Wildman–Crippen MR) is 132 cm³/mol. The maximum atomic E-state index is 13.5. The van der Waals surface area contributed by atoms with Crippen LogP contribution < -0.4 is 9.47 Å². The average Bonchev–Trinajstić information content (AvgIpc) is 3.12. The Labute approximate surface area is 206 Å². The van der Waals surface area contributed by atoms with Crippen molar-refractivity contribution in [2.45, 2.75) is 12.5 Å². The van der Waals surface area contributed by atoms with Gasteiger partial charge in [-0.25, -0.2) is 0 Å². The normalized spacial score (nSPS) is 15.6. The van der Waals surface area contributed by atoms with E-state index in [1.807, 2.05) is 30.3 Å². The van der Waals surface area contributed by atoms with Crippen molar-refractivity contribution in [3.8, 4) is 11.5 Å². The van der Waals surface area contributed by atoms with E-state index >= 15 is 0 Å². The fourth-order valence-corrected chi connectivity index (χ4v) is 4.40. The number of hydrogen-bond donors (Lipinski definition) is 1. The first kappa shape index (κ1) is 23.6. The SMILES string of the molecule is COc1ccc(C2C(C(=O)c3ccc(Br)cc3)=C(O)C(=O)N2CCc2ccccc2)cc1OC. The predicted octanol–water partition coefficient (Wildman–Crippen LogP) is 5.29. The van der Waals surface area contributed by atoms with E-state index in [1.165, 1.54) is 19.1 Å². The van der Waals surface area contributed by atoms with E-state index in [4.69, 9.17) is 9.47 Å². The molecule has 0 fully saturated rings. The van der Waals surface area contributed by atoms with Crippen LogP contribution in [0.1, 0.15) is 27.5 Å². The van der Waals surface area contributed by atoms with Gasteiger partial charge in [0.2, 0.25) is 0 Å². The smallest absolute Gasteiger partial charge is 0.290 e. The highest BCUT2D eigenvalue weighted by Crippen LogP contribution is 2.41. The first-order valence-electron chi connectivity index (χ1n) is 10.7. The van der Waals surface area contributed by atoms with Gasteiger partial charge < -0.3 is 19.5 Å². The van der Waals surface area contributed by atoms with Crippen LogP contribution >= 0.6 is 15.9 Å². The molecule has 1 heterocycles. The summed E-state index contributed by atoms with van der Waals surface area (Å²) >= 11 is 3.37. The summed E-state index contributed by atoms with van der Waals surface area (Å²) in [7, 11) is 3.06. The lowest BCUT2D eigenvalue weighted by molar-refractivity contribution is -0.129. The molecule has 1 N–H and O–H groups in total. The first-order valence-corrected chi connectivity index (χ1v) is 11.5. The Morgan fingerprint density at radius 2 is 1.65 bits per heavy atom. The van der Waals surface area contributed by atoms with Crippen molar-refractivity contribution < 1.29 is 24.2 Å². The fourth-order valence-electron chi connectivity index (χ4n) is 4.14. The third-order valence-corrected chi connectivity index (χ3v) is 6.39. The number of Topliss-reactive ketones (excluding diaryl/α,β-unsaturated/α-hetero) is 1. The lowest BCUT2D eigenvalue weighted by atomic mass is 9.92. The molecule has 1 unspecified atom stereocenters. The molecule has 0 aromatic heterocycles. The van der Waals surface area contributed by atoms with Crippen LogP contribution in [0.2, 0.25) is 0 Å². The molecule has 0 spiro atoms. The van der Waals surface area contributed by atoms with Gasteiger partial charge in [0.1, 0.15) is 0 Å². The molecule has 0 radical (unpaired) electrons. The topological polar surface area (TPSA) is 76.1 Å². The van der Waals surface area contributed by atoms with Gasteiger partial charge in [0.25, 0.3) is 5.91 Å². The van der Waals surface area contributed by atoms with Crippen LogP contribution in [0.15, 0.2) is 88.6 Å². The number of aliphatic hydroxyl groups excluding tert-OH is 1. The maximum Gasteiger partial charge on any atom is 0.290 e. The van der Waals surface area contributed by atoms with Crippen LogP contribution in [-0.4, -0.2) is 42.5 Å². The second kappa shape index (κ2) is 10.1. The second-order valence-electron chi connectivity index (χ2n) is 7.85. The second-order valence-corrected chi connectivity index (χ2v) is 8.77. The molecule has 1 aliphatic rings. The van der Waals surface area contributed by atoms with E-state index in [2.05, 4.69) is 15.9 Å². The molecular formula is C27H24BrNO5. The molecule has 174 valence electrons. The van der Waals surface area contributed by atoms with Gasteiger partial charge in [-0.1, -0.05) is 52.3 Å². The molecule has 6 nitrogen and oxygen atoms in total. The monoisotopic (exact) mass is 521 g/mol. The van der Waals surface area contributed by atoms with Crippen LogP contribution in [0.4, 0.5) is 0 Å². The number of aliphatic hydroxyl groups is 1. The highest BCUT2D eigenvalue weighted by atomic mass is 79.9. The van der Waals surface area contributed by atoms with Crippen molar-refractivity contribution in [3.63, 3.8) is 0 Å². The molecule has 1 aliphatic heterocycles. The third-order valence-electron chi connectivity index (χ3n) is 5.86. The van der Waals surface area contributed by atoms with Gasteiger partial charge in [0, 0.05) is 16.6 Å². The zero-order valence-electron chi connectivity index (χ0n) is 18.8. The zero-order chi connectivity index (χ0) is 24.2. The van der Waals surface area contributed by atoms with Crippen LogP contribution in [0.3, 0.4) is 0 Å². The quantitative estimate of drug-likeness (QED) is 0.407. The third kappa shape index (κ3) is 4.56. The number of halogens is 1. The Kier molecular flexibility index (Phi) is 7.03. The first-order chi connectivity index (χ1) is 16.4. The number of ether oxygens (including phenoxy) is 2. The fraction of sp³-hybridized carbons (Fsp3) is 0.185. The molecule has 0 bridgehead atoms. The van der Waals surface area contributed by atoms with E-state index < -0.39 is 23.5 Å². The van der Waals surface area contributed by atoms with E-state index in [0.29, 0.717) is 35.6 Å². The van der Waals surface area contributed by atoms with Gasteiger partial charge in [0.15, 0.2) is 23.0 Å². The Hall–Kier alpha value is -3.58. The number of hydrogen-bond acceptors (Lipinski definition) is 5. The van der Waals surface area contributed by atoms with Crippen molar-refractivity contribution in [1.82, 2.24) is 4.90 Å². The summed E-state index contributed by atoms with van der Waals surface area (Å²) in [6.45, 7) is 0.322. The van der Waals surface area contributed by atoms with E-state index in [9.17, 15) is 14.7 Å². The largest absolute Gasteiger partial charge is 0.503 e. The van der Waals surface area contributed by atoms with E-state index in [-0.39, 0.29) is 5.57 Å². The summed E-state index contributed by atoms with van der Waals surface area (Å²) < 4.78 is 11.6. The molecule has 0 aliphatic carbocycles. The van der Waals surface area contributed by atoms with Crippen molar-refractivity contribution >= 4 is 27.6 Å². The molecule has 0 saturated heterocycles. The lowest BCUT2D eigenvalue weighted by Crippen LogP contribution is -2.33. The maximum absolute atomic E-state index is 13.5. The molecule has 3 aromatic carbocycles. The summed E-state index contributed by atoms with van der Waals surface area (Å²) in [5.41, 5.74) is 2.12. The molecule has 0 saturated carbocycles. The minimum atomic E-state index is -0.771. The lowest BCUT2D eigenvalue weighted by Gasteiger charge is -2.27. The Morgan fingerprint density at radius 3 is 2.29 bits per heavy atom. The van der Waals surface area contributed by atoms with Crippen LogP contribution in [0.25, 0.3) is 0 Å². The van der Waals surface area contributed by atoms with Gasteiger partial charge in [-0.05, 0) is 53.9 Å². The zero-order valence-corrected chi connectivity index (χ0v) is 20.4. The van der Waals surface area contributed by atoms with Crippen molar-refractivity contribution in [1.29, 1.82) is 0 Å². The molecule has 1 atom stereocenters. The molecule has 7 heteroatoms. The van der Waals surface area contributed by atoms with E-state index in [0.717, 1.165) is 10.0 Å². The summed E-state index contributed by atoms with van der Waals surface area (Å²) in [5.74, 6) is -0.505. The van der Waals surface area contributed by atoms with Crippen LogP contribution in [-0.2, 0) is 11.2 Å². The minimum Gasteiger partial charge on any atom is -0.503 e. The standard InChI is InChI=1S/C27H24BrNO5/c1-33-21-13-10-19(16-22(21)34-2)24-23(25(30)18-8-11-20(28)12-9-18)26(31)27(32)29(24)15-14-17-6-4-3-5-7-17/h3-13,16,24,31H,14-15H2,1-2H3. The summed E-state index contributed by atoms with van der Waals surface area (Å²) in [6, 6.07) is 21.1. The van der Waals surface area contributed by atoms with Crippen LogP contribution in [0, 0.1) is 0 Å². The average molecular weight is 522 g/mol. The van der Waals surface area contributed by atoms with Gasteiger partial charge >= 0.3 is 0 Å². The number of methoxy groups -OCH3 is 2. The van der Waals surface area contributed by atoms with Gasteiger partial charge in [-0.15, -0.1) is 0 Å². The van der Waals surface area contributed by atoms with Crippen molar-refractivity contribution in [3.05, 3.63) is 105 Å². The molecule has 1 amide bonds. The number of nitrogens with zero attached hydrogens (tertiary/aromatic N) is 1. The van der Waals surface area contributed by atoms with Crippen molar-refractivity contribution in [2.24, 2.45) is 0 Å². The number of amides is 1. The number of benzene rings is 3. The Balaban J connectivity index is 1.77. The number of carbonyl (C=O) groups excluding carboxylic acids is 2. The summed E-state index contributed by atoms with van der Waals surface area (Å²) in [4.78, 5) is 28.3. The molecule has 3 aromatic rings. The van der Waals surface area contributed by atoms with Crippen molar-refractivity contribution in [2.75, 3.05) is 20.8 Å². The highest BCUT2D eigenvalue weighted by molar-refractivity contribution is 9.10. The van der Waals surface area contributed by atoms with E-state index in [1.54, 1.807) is 42.5 Å². The number of carbonyl (C=O) groups is 2. The summed E-state index contributed by atoms with van der Waals surface area (Å²) in [6.07, 6.45) is 0.573. The summed E-state index contributed by atoms with van der Waals surface area (Å²) in [5, 5.41) is 10.9. The molecule has 34 heavy (non-hydrogen) atoms. The number of rotatable bonds is 8.